The minimum atomic E-state index is 0.893. The molecule has 0 spiro atoms. The molecule has 0 amide bonds. The van der Waals surface area contributed by atoms with E-state index in [0.29, 0.717) is 0 Å². The van der Waals surface area contributed by atoms with Crippen LogP contribution in [0.1, 0.15) is 0 Å². The van der Waals surface area contributed by atoms with Gasteiger partial charge in [-0.2, -0.15) is 0 Å². The van der Waals surface area contributed by atoms with Crippen molar-refractivity contribution >= 4 is 39.5 Å². The van der Waals surface area contributed by atoms with Gasteiger partial charge in [0.15, 0.2) is 10.3 Å². The molecular weight excluding hydrogens is 264 g/mol. The maximum Gasteiger partial charge on any atom is 0.183 e. The first-order chi connectivity index (χ1) is 8.93. The third kappa shape index (κ3) is 2.64. The number of nitrogens with zero attached hydrogens (tertiary/aromatic N) is 3. The highest BCUT2D eigenvalue weighted by molar-refractivity contribution is 8.14. The molecule has 0 aliphatic carbocycles. The van der Waals surface area contributed by atoms with Gasteiger partial charge in [-0.3, -0.25) is 15.4 Å². The molecule has 0 atom stereocenters. The molecule has 0 bridgehead atoms. The summed E-state index contributed by atoms with van der Waals surface area (Å²) in [5, 5.41) is 4.04. The zero-order chi connectivity index (χ0) is 12.2. The van der Waals surface area contributed by atoms with Crippen LogP contribution in [0.15, 0.2) is 40.3 Å². The zero-order valence-electron chi connectivity index (χ0n) is 9.87. The minimum Gasteiger partial charge on any atom is -0.270 e. The summed E-state index contributed by atoms with van der Waals surface area (Å²) in [6.45, 7) is 1.79. The average molecular weight is 278 g/mol. The molecule has 0 radical (unpaired) electrons. The highest BCUT2D eigenvalue weighted by Gasteiger charge is 2.20. The third-order valence-corrected chi connectivity index (χ3v) is 4.41. The van der Waals surface area contributed by atoms with Gasteiger partial charge in [0.1, 0.15) is 0 Å². The van der Waals surface area contributed by atoms with Gasteiger partial charge in [-0.05, 0) is 12.1 Å². The monoisotopic (exact) mass is 278 g/mol. The van der Waals surface area contributed by atoms with Crippen LogP contribution in [0, 0.1) is 0 Å². The number of nitrogens with one attached hydrogen (secondary N) is 1. The van der Waals surface area contributed by atoms with Crippen molar-refractivity contribution in [3.8, 4) is 0 Å². The van der Waals surface area contributed by atoms with Crippen LogP contribution >= 0.6 is 23.5 Å². The van der Waals surface area contributed by atoms with E-state index < -0.39 is 0 Å². The third-order valence-electron chi connectivity index (χ3n) is 2.57. The second-order valence-corrected chi connectivity index (χ2v) is 5.98. The number of anilines is 1. The summed E-state index contributed by atoms with van der Waals surface area (Å²) >= 11 is 3.53. The summed E-state index contributed by atoms with van der Waals surface area (Å²) in [6, 6.07) is 10.2. The molecule has 3 rings (SSSR count). The van der Waals surface area contributed by atoms with Crippen LogP contribution in [-0.4, -0.2) is 34.9 Å². The Balaban J connectivity index is 1.83. The Morgan fingerprint density at radius 2 is 1.78 bits per heavy atom. The molecule has 18 heavy (non-hydrogen) atoms. The number of para-hydroxylation sites is 1. The SMILES string of the molecule is c1ccc(N(NC2=NCCS2)C2=NCCS2)cc1. The van der Waals surface area contributed by atoms with Crippen molar-refractivity contribution in [1.82, 2.24) is 5.43 Å². The van der Waals surface area contributed by atoms with Crippen molar-refractivity contribution in [2.75, 3.05) is 29.6 Å². The van der Waals surface area contributed by atoms with Crippen LogP contribution < -0.4 is 10.4 Å². The Morgan fingerprint density at radius 1 is 1.00 bits per heavy atom. The minimum absolute atomic E-state index is 0.893. The van der Waals surface area contributed by atoms with Crippen LogP contribution in [0.2, 0.25) is 0 Å². The highest BCUT2D eigenvalue weighted by atomic mass is 32.2. The molecule has 1 N–H and O–H groups in total. The molecule has 4 nitrogen and oxygen atoms in total. The van der Waals surface area contributed by atoms with E-state index in [0.717, 1.165) is 40.6 Å². The first-order valence-corrected chi connectivity index (χ1v) is 7.87. The molecule has 2 aliphatic rings. The van der Waals surface area contributed by atoms with Gasteiger partial charge < -0.3 is 0 Å². The fourth-order valence-electron chi connectivity index (χ4n) is 1.76. The molecule has 2 aliphatic heterocycles. The van der Waals surface area contributed by atoms with Gasteiger partial charge in [0, 0.05) is 11.5 Å². The molecule has 0 aromatic heterocycles. The Morgan fingerprint density at radius 3 is 2.44 bits per heavy atom. The van der Waals surface area contributed by atoms with Crippen molar-refractivity contribution < 1.29 is 0 Å². The Bertz CT molecular complexity index is 472. The molecule has 0 unspecified atom stereocenters. The summed E-state index contributed by atoms with van der Waals surface area (Å²) in [5.41, 5.74) is 4.47. The average Bonchev–Trinajstić information content (AvgIpc) is 3.10. The number of thioether (sulfide) groups is 2. The number of benzene rings is 1. The summed E-state index contributed by atoms with van der Waals surface area (Å²) < 4.78 is 0. The van der Waals surface area contributed by atoms with Gasteiger partial charge in [0.05, 0.1) is 18.8 Å². The van der Waals surface area contributed by atoms with Gasteiger partial charge in [-0.25, -0.2) is 5.01 Å². The Kier molecular flexibility index (Phi) is 3.75. The lowest BCUT2D eigenvalue weighted by atomic mass is 10.3. The molecule has 0 fully saturated rings. The predicted molar refractivity (Wildman–Crippen MR) is 81.6 cm³/mol. The van der Waals surface area contributed by atoms with Gasteiger partial charge in [-0.1, -0.05) is 41.7 Å². The number of hydrogen-bond acceptors (Lipinski definition) is 6. The molecule has 1 aromatic rings. The van der Waals surface area contributed by atoms with Crippen molar-refractivity contribution in [3.63, 3.8) is 0 Å². The molecule has 94 valence electrons. The Hall–Kier alpha value is -1.14. The van der Waals surface area contributed by atoms with Crippen LogP contribution in [-0.2, 0) is 0 Å². The predicted octanol–water partition coefficient (Wildman–Crippen LogP) is 2.20. The molecular formula is C12H14N4S2. The van der Waals surface area contributed by atoms with Crippen LogP contribution in [0.4, 0.5) is 5.69 Å². The smallest absolute Gasteiger partial charge is 0.183 e. The largest absolute Gasteiger partial charge is 0.270 e. The summed E-state index contributed by atoms with van der Waals surface area (Å²) in [5.74, 6) is 2.12. The van der Waals surface area contributed by atoms with Gasteiger partial charge in [0.25, 0.3) is 0 Å². The van der Waals surface area contributed by atoms with Crippen molar-refractivity contribution in [2.24, 2.45) is 9.98 Å². The number of aliphatic imine (C=N–C) groups is 2. The Labute approximate surface area is 115 Å². The maximum absolute atomic E-state index is 4.53. The van der Waals surface area contributed by atoms with E-state index >= 15 is 0 Å². The standard InChI is InChI=1S/C12H14N4S2/c1-2-4-10(5-3-1)16(12-14-7-9-18-12)15-11-13-6-8-17-11/h1-5H,6-9H2,(H,13,15). The van der Waals surface area contributed by atoms with E-state index in [4.69, 9.17) is 0 Å². The number of hydrazine groups is 1. The zero-order valence-corrected chi connectivity index (χ0v) is 11.5. The number of amidine groups is 2. The number of hydrogen-bond donors (Lipinski definition) is 1. The highest BCUT2D eigenvalue weighted by Crippen LogP contribution is 2.22. The van der Waals surface area contributed by atoms with E-state index in [9.17, 15) is 0 Å². The quantitative estimate of drug-likeness (QED) is 0.800. The molecule has 0 saturated heterocycles. The van der Waals surface area contributed by atoms with Crippen molar-refractivity contribution in [2.45, 2.75) is 0 Å². The lowest BCUT2D eigenvalue weighted by Gasteiger charge is -2.24. The molecule has 2 heterocycles. The molecule has 1 aromatic carbocycles. The summed E-state index contributed by atoms with van der Waals surface area (Å²) in [7, 11) is 0. The van der Waals surface area contributed by atoms with E-state index in [2.05, 4.69) is 27.5 Å². The van der Waals surface area contributed by atoms with Crippen molar-refractivity contribution in [3.05, 3.63) is 30.3 Å². The summed E-state index contributed by atoms with van der Waals surface area (Å²) in [6.07, 6.45) is 0. The van der Waals surface area contributed by atoms with Crippen LogP contribution in [0.3, 0.4) is 0 Å². The van der Waals surface area contributed by atoms with Crippen LogP contribution in [0.5, 0.6) is 0 Å². The van der Waals surface area contributed by atoms with E-state index in [1.165, 1.54) is 0 Å². The first-order valence-electron chi connectivity index (χ1n) is 5.90. The van der Waals surface area contributed by atoms with E-state index in [1.807, 2.05) is 23.2 Å². The van der Waals surface area contributed by atoms with Gasteiger partial charge in [-0.15, -0.1) is 0 Å². The first kappa shape index (κ1) is 11.9. The second kappa shape index (κ2) is 5.67. The van der Waals surface area contributed by atoms with Crippen molar-refractivity contribution in [1.29, 1.82) is 0 Å². The molecule has 6 heteroatoms. The topological polar surface area (TPSA) is 40.0 Å². The van der Waals surface area contributed by atoms with E-state index in [1.54, 1.807) is 23.5 Å². The molecule has 0 saturated carbocycles. The summed E-state index contributed by atoms with van der Waals surface area (Å²) in [4.78, 5) is 8.97. The maximum atomic E-state index is 4.53. The second-order valence-electron chi connectivity index (χ2n) is 3.83. The van der Waals surface area contributed by atoms with E-state index in [-0.39, 0.29) is 0 Å². The lowest BCUT2D eigenvalue weighted by molar-refractivity contribution is 0.973. The fourth-order valence-corrected chi connectivity index (χ4v) is 3.30. The number of rotatable bonds is 1. The van der Waals surface area contributed by atoms with Gasteiger partial charge in [0.2, 0.25) is 0 Å². The van der Waals surface area contributed by atoms with Crippen LogP contribution in [0.25, 0.3) is 0 Å². The fraction of sp³-hybridized carbons (Fsp3) is 0.333. The van der Waals surface area contributed by atoms with Gasteiger partial charge >= 0.3 is 0 Å². The lowest BCUT2D eigenvalue weighted by Crippen LogP contribution is -2.43. The normalized spacial score (nSPS) is 18.4.